The van der Waals surface area contributed by atoms with Crippen molar-refractivity contribution in [2.24, 2.45) is 5.41 Å². The highest BCUT2D eigenvalue weighted by atomic mass is 32.1. The molecule has 6 rings (SSSR count). The number of nitrogens with zero attached hydrogens (tertiary/aromatic N) is 8. The van der Waals surface area contributed by atoms with Gasteiger partial charge in [0.2, 0.25) is 5.91 Å². The minimum atomic E-state index is -0.596. The third-order valence-corrected chi connectivity index (χ3v) is 7.80. The zero-order valence-electron chi connectivity index (χ0n) is 23.1. The number of likely N-dealkylation sites (tertiary alicyclic amines) is 1. The number of amides is 1. The Morgan fingerprint density at radius 3 is 2.93 bits per heavy atom. The Bertz CT molecular complexity index is 1710. The fourth-order valence-electron chi connectivity index (χ4n) is 5.27. The number of aromatic nitrogens is 7. The smallest absolute Gasteiger partial charge is 0.246 e. The number of carbonyl (C=O) groups is 1. The lowest BCUT2D eigenvalue weighted by Crippen LogP contribution is -2.39. The van der Waals surface area contributed by atoms with Crippen LogP contribution in [0.15, 0.2) is 49.3 Å². The van der Waals surface area contributed by atoms with E-state index in [1.54, 1.807) is 18.6 Å². The Morgan fingerprint density at radius 1 is 1.22 bits per heavy atom. The molecule has 1 fully saturated rings. The lowest BCUT2D eigenvalue weighted by molar-refractivity contribution is -0.116. The van der Waals surface area contributed by atoms with Gasteiger partial charge in [-0.2, -0.15) is 9.47 Å². The fourth-order valence-corrected chi connectivity index (χ4v) is 5.93. The number of aryl methyl sites for hydroxylation is 1. The average molecular weight is 575 g/mol. The Kier molecular flexibility index (Phi) is 7.22. The summed E-state index contributed by atoms with van der Waals surface area (Å²) < 4.78 is 22.0. The van der Waals surface area contributed by atoms with Crippen molar-refractivity contribution in [1.82, 2.24) is 38.4 Å². The number of fused-ring (bicyclic) bond motifs is 1. The summed E-state index contributed by atoms with van der Waals surface area (Å²) in [7, 11) is 0. The Labute approximate surface area is 240 Å². The minimum Gasteiger partial charge on any atom is -0.328 e. The van der Waals surface area contributed by atoms with E-state index in [9.17, 15) is 9.18 Å². The number of hydrogen-bond donors (Lipinski definition) is 2. The highest BCUT2D eigenvalue weighted by Gasteiger charge is 2.26. The number of imidazole rings is 1. The third kappa shape index (κ3) is 6.10. The van der Waals surface area contributed by atoms with Crippen LogP contribution in [0.3, 0.4) is 0 Å². The van der Waals surface area contributed by atoms with Crippen molar-refractivity contribution in [3.8, 4) is 11.3 Å². The van der Waals surface area contributed by atoms with Gasteiger partial charge in [0.1, 0.15) is 11.5 Å². The van der Waals surface area contributed by atoms with Crippen molar-refractivity contribution in [3.05, 3.63) is 66.5 Å². The van der Waals surface area contributed by atoms with Gasteiger partial charge in [-0.3, -0.25) is 23.8 Å². The standard InChI is InChI=1S/C28H31FN10OS/c1-18-13-39-23(19-10-32-38(14-19)16-24(40)34-22-5-7-30-11-21(22)29)12-31-27(39)26(33-18)35-25-9-20(36-41-25)15-37-8-4-6-28(2,3)17-37/h5,7,9-14H,4,6,8,15-17H2,1-3H3,(H,33,35)(H,30,34,40). The molecule has 6 heterocycles. The van der Waals surface area contributed by atoms with Crippen LogP contribution in [0.25, 0.3) is 16.9 Å². The predicted octanol–water partition coefficient (Wildman–Crippen LogP) is 4.90. The maximum Gasteiger partial charge on any atom is 0.246 e. The summed E-state index contributed by atoms with van der Waals surface area (Å²) in [6, 6.07) is 3.49. The van der Waals surface area contributed by atoms with E-state index in [-0.39, 0.29) is 12.2 Å². The first kappa shape index (κ1) is 27.0. The summed E-state index contributed by atoms with van der Waals surface area (Å²) in [5.41, 5.74) is 4.52. The summed E-state index contributed by atoms with van der Waals surface area (Å²) >= 11 is 1.42. The van der Waals surface area contributed by atoms with Crippen LogP contribution in [-0.2, 0) is 17.9 Å². The monoisotopic (exact) mass is 574 g/mol. The molecule has 41 heavy (non-hydrogen) atoms. The first-order chi connectivity index (χ1) is 19.7. The van der Waals surface area contributed by atoms with Crippen molar-refractivity contribution in [1.29, 1.82) is 0 Å². The van der Waals surface area contributed by atoms with Gasteiger partial charge >= 0.3 is 0 Å². The zero-order valence-corrected chi connectivity index (χ0v) is 24.0. The number of anilines is 3. The maximum absolute atomic E-state index is 13.8. The van der Waals surface area contributed by atoms with E-state index in [4.69, 9.17) is 4.98 Å². The number of rotatable bonds is 8. The summed E-state index contributed by atoms with van der Waals surface area (Å²) in [5.74, 6) is -0.360. The first-order valence-electron chi connectivity index (χ1n) is 13.4. The average Bonchev–Trinajstić information content (AvgIpc) is 3.65. The van der Waals surface area contributed by atoms with Crippen LogP contribution < -0.4 is 10.6 Å². The number of carbonyl (C=O) groups excluding carboxylic acids is 1. The SMILES string of the molecule is Cc1cn2c(-c3cnn(CC(=O)Nc4ccncc4F)c3)cnc2c(Nc2cc(CN3CCCC(C)(C)C3)ns2)n1. The number of nitrogens with one attached hydrogen (secondary N) is 2. The summed E-state index contributed by atoms with van der Waals surface area (Å²) in [5, 5.41) is 11.2. The predicted molar refractivity (Wildman–Crippen MR) is 155 cm³/mol. The van der Waals surface area contributed by atoms with Gasteiger partial charge in [-0.15, -0.1) is 0 Å². The van der Waals surface area contributed by atoms with Crippen LogP contribution in [-0.4, -0.2) is 57.4 Å². The molecule has 0 aromatic carbocycles. The summed E-state index contributed by atoms with van der Waals surface area (Å²) in [6.07, 6.45) is 12.0. The molecule has 1 aliphatic heterocycles. The van der Waals surface area contributed by atoms with Gasteiger partial charge in [-0.1, -0.05) is 13.8 Å². The highest BCUT2D eigenvalue weighted by molar-refractivity contribution is 7.10. The van der Waals surface area contributed by atoms with Gasteiger partial charge in [0.15, 0.2) is 17.3 Å². The van der Waals surface area contributed by atoms with Crippen molar-refractivity contribution < 1.29 is 9.18 Å². The number of pyridine rings is 1. The molecule has 0 saturated carbocycles. The van der Waals surface area contributed by atoms with E-state index >= 15 is 0 Å². The quantitative estimate of drug-likeness (QED) is 0.269. The van der Waals surface area contributed by atoms with E-state index in [0.717, 1.165) is 53.5 Å². The molecular formula is C28H31FN10OS. The van der Waals surface area contributed by atoms with E-state index < -0.39 is 11.7 Å². The van der Waals surface area contributed by atoms with Gasteiger partial charge in [0, 0.05) is 37.2 Å². The summed E-state index contributed by atoms with van der Waals surface area (Å²) in [4.78, 5) is 28.0. The molecule has 2 N–H and O–H groups in total. The number of halogens is 1. The van der Waals surface area contributed by atoms with Crippen molar-refractivity contribution >= 4 is 39.6 Å². The molecule has 0 radical (unpaired) electrons. The topological polar surface area (TPSA) is 118 Å². The van der Waals surface area contributed by atoms with Gasteiger partial charge in [-0.25, -0.2) is 14.4 Å². The van der Waals surface area contributed by atoms with Crippen molar-refractivity contribution in [2.75, 3.05) is 23.7 Å². The first-order valence-corrected chi connectivity index (χ1v) is 14.2. The molecule has 0 atom stereocenters. The molecule has 5 aromatic heterocycles. The van der Waals surface area contributed by atoms with Crippen LogP contribution in [0, 0.1) is 18.2 Å². The minimum absolute atomic E-state index is 0.0747. The van der Waals surface area contributed by atoms with Gasteiger partial charge in [0.05, 0.1) is 41.4 Å². The van der Waals surface area contributed by atoms with E-state index in [0.29, 0.717) is 16.9 Å². The summed E-state index contributed by atoms with van der Waals surface area (Å²) in [6.45, 7) is 9.53. The van der Waals surface area contributed by atoms with E-state index in [1.165, 1.54) is 41.3 Å². The third-order valence-electron chi connectivity index (χ3n) is 7.06. The van der Waals surface area contributed by atoms with Crippen LogP contribution >= 0.6 is 11.5 Å². The van der Waals surface area contributed by atoms with Crippen molar-refractivity contribution in [3.63, 3.8) is 0 Å². The van der Waals surface area contributed by atoms with E-state index in [1.807, 2.05) is 17.5 Å². The zero-order chi connectivity index (χ0) is 28.6. The molecule has 0 aliphatic carbocycles. The van der Waals surface area contributed by atoms with Crippen LogP contribution in [0.4, 0.5) is 20.9 Å². The molecule has 11 nitrogen and oxygen atoms in total. The second-order valence-electron chi connectivity index (χ2n) is 11.2. The number of hydrogen-bond acceptors (Lipinski definition) is 9. The Hall–Kier alpha value is -4.23. The Morgan fingerprint density at radius 2 is 2.10 bits per heavy atom. The maximum atomic E-state index is 13.8. The Balaban J connectivity index is 1.17. The van der Waals surface area contributed by atoms with Crippen LogP contribution in [0.2, 0.25) is 0 Å². The lowest BCUT2D eigenvalue weighted by Gasteiger charge is -2.37. The van der Waals surface area contributed by atoms with Gasteiger partial charge in [-0.05, 0) is 55.4 Å². The number of piperidine rings is 1. The molecule has 0 bridgehead atoms. The molecule has 1 saturated heterocycles. The van der Waals surface area contributed by atoms with E-state index in [2.05, 4.69) is 54.9 Å². The fraction of sp³-hybridized carbons (Fsp3) is 0.357. The molecule has 13 heteroatoms. The normalized spacial score (nSPS) is 15.3. The molecular weight excluding hydrogens is 543 g/mol. The largest absolute Gasteiger partial charge is 0.328 e. The second kappa shape index (κ2) is 11.0. The molecule has 1 aliphatic rings. The van der Waals surface area contributed by atoms with Crippen LogP contribution in [0.5, 0.6) is 0 Å². The molecule has 0 unspecified atom stereocenters. The molecule has 5 aromatic rings. The lowest BCUT2D eigenvalue weighted by atomic mass is 9.84. The highest BCUT2D eigenvalue weighted by Crippen LogP contribution is 2.31. The second-order valence-corrected chi connectivity index (χ2v) is 12.0. The van der Waals surface area contributed by atoms with Crippen LogP contribution in [0.1, 0.15) is 38.1 Å². The molecule has 0 spiro atoms. The van der Waals surface area contributed by atoms with Gasteiger partial charge in [0.25, 0.3) is 0 Å². The molecule has 212 valence electrons. The molecule has 1 amide bonds. The van der Waals surface area contributed by atoms with Crippen molar-refractivity contribution in [2.45, 2.75) is 46.7 Å². The van der Waals surface area contributed by atoms with Gasteiger partial charge < -0.3 is 10.6 Å².